The van der Waals surface area contributed by atoms with Crippen LogP contribution in [0.15, 0.2) is 29.2 Å². The van der Waals surface area contributed by atoms with Crippen LogP contribution in [0.5, 0.6) is 0 Å². The van der Waals surface area contributed by atoms with Crippen molar-refractivity contribution in [2.24, 2.45) is 0 Å². The van der Waals surface area contributed by atoms with Gasteiger partial charge in [0.05, 0.1) is 6.04 Å². The van der Waals surface area contributed by atoms with E-state index in [0.29, 0.717) is 17.2 Å². The van der Waals surface area contributed by atoms with Crippen LogP contribution in [0, 0.1) is 11.3 Å². The number of pyridine rings is 1. The SMILES string of the molecule is C[C@@H](c1ccc(C(F)(F)F)nc1)n1nc(C#N)c2c(=O)[nH]c(C3CC[C@H]3c3nc(C(C)(C)C)cc(C(C)(C)C)n3)nc21. The molecule has 1 fully saturated rings. The molecular formula is C30H33F3N8O. The van der Waals surface area contributed by atoms with Crippen molar-refractivity contribution in [2.75, 3.05) is 0 Å². The zero-order chi connectivity index (χ0) is 30.8. The molecule has 0 spiro atoms. The van der Waals surface area contributed by atoms with E-state index in [-0.39, 0.29) is 39.4 Å². The molecule has 1 aliphatic carbocycles. The second-order valence-corrected chi connectivity index (χ2v) is 13.0. The third kappa shape index (κ3) is 5.28. The van der Waals surface area contributed by atoms with E-state index in [1.165, 1.54) is 10.7 Å². The monoisotopic (exact) mass is 578 g/mol. The van der Waals surface area contributed by atoms with Gasteiger partial charge in [0, 0.05) is 40.3 Å². The lowest BCUT2D eigenvalue weighted by Crippen LogP contribution is -2.30. The summed E-state index contributed by atoms with van der Waals surface area (Å²) in [6, 6.07) is 5.55. The van der Waals surface area contributed by atoms with Gasteiger partial charge in [-0.1, -0.05) is 47.6 Å². The average molecular weight is 579 g/mol. The lowest BCUT2D eigenvalue weighted by atomic mass is 9.72. The number of aromatic nitrogens is 7. The summed E-state index contributed by atoms with van der Waals surface area (Å²) in [7, 11) is 0. The van der Waals surface area contributed by atoms with Crippen molar-refractivity contribution in [3.63, 3.8) is 0 Å². The van der Waals surface area contributed by atoms with Crippen LogP contribution < -0.4 is 5.56 Å². The summed E-state index contributed by atoms with van der Waals surface area (Å²) in [5, 5.41) is 14.0. The van der Waals surface area contributed by atoms with Crippen LogP contribution in [0.2, 0.25) is 0 Å². The van der Waals surface area contributed by atoms with Gasteiger partial charge in [-0.2, -0.15) is 23.5 Å². The fourth-order valence-electron chi connectivity index (χ4n) is 5.08. The standard InChI is InChI=1S/C30H33F3N8O/c1-15(16-8-11-20(35-14-16)30(31,32)33)41-26-23(19(13-34)40-41)27(42)39-25(38-26)18-10-9-17(18)24-36-21(28(2,3)4)12-22(37-24)29(5,6)7/h8,11-12,14-15,17-18H,9-10H2,1-7H3,(H,38,39,42)/t15-,17+,18?/m0/s1. The number of H-pyrrole nitrogens is 1. The highest BCUT2D eigenvalue weighted by Gasteiger charge is 2.39. The van der Waals surface area contributed by atoms with E-state index in [1.807, 2.05) is 6.07 Å². The van der Waals surface area contributed by atoms with Crippen LogP contribution in [0.25, 0.3) is 11.0 Å². The molecule has 3 atom stereocenters. The zero-order valence-corrected chi connectivity index (χ0v) is 24.6. The Balaban J connectivity index is 1.58. The fourth-order valence-corrected chi connectivity index (χ4v) is 5.08. The van der Waals surface area contributed by atoms with Crippen LogP contribution in [0.4, 0.5) is 13.2 Å². The first-order chi connectivity index (χ1) is 19.5. The van der Waals surface area contributed by atoms with E-state index < -0.39 is 23.5 Å². The van der Waals surface area contributed by atoms with Crippen molar-refractivity contribution in [3.8, 4) is 6.07 Å². The van der Waals surface area contributed by atoms with Crippen LogP contribution in [0.1, 0.15) is 119 Å². The highest BCUT2D eigenvalue weighted by atomic mass is 19.4. The number of hydrogen-bond acceptors (Lipinski definition) is 7. The molecule has 1 N–H and O–H groups in total. The topological polar surface area (TPSA) is 126 Å². The minimum Gasteiger partial charge on any atom is -0.310 e. The Labute approximate surface area is 241 Å². The minimum absolute atomic E-state index is 0.0323. The molecule has 1 unspecified atom stereocenters. The van der Waals surface area contributed by atoms with Gasteiger partial charge in [-0.05, 0) is 37.5 Å². The highest BCUT2D eigenvalue weighted by Crippen LogP contribution is 2.47. The first-order valence-corrected chi connectivity index (χ1v) is 13.8. The van der Waals surface area contributed by atoms with Gasteiger partial charge in [0.25, 0.3) is 5.56 Å². The van der Waals surface area contributed by atoms with Crippen LogP contribution in [0.3, 0.4) is 0 Å². The van der Waals surface area contributed by atoms with Gasteiger partial charge in [-0.15, -0.1) is 0 Å². The summed E-state index contributed by atoms with van der Waals surface area (Å²) in [6.45, 7) is 14.4. The molecule has 4 aromatic rings. The van der Waals surface area contributed by atoms with Gasteiger partial charge in [0.15, 0.2) is 11.3 Å². The molecule has 0 amide bonds. The molecule has 1 aliphatic rings. The van der Waals surface area contributed by atoms with Crippen molar-refractivity contribution in [2.45, 2.75) is 96.2 Å². The molecule has 9 nitrogen and oxygen atoms in total. The van der Waals surface area contributed by atoms with Gasteiger partial charge in [0.1, 0.15) is 28.8 Å². The van der Waals surface area contributed by atoms with Crippen molar-refractivity contribution in [1.82, 2.24) is 34.7 Å². The number of fused-ring (bicyclic) bond motifs is 1. The second kappa shape index (κ2) is 10.00. The number of rotatable bonds is 4. The summed E-state index contributed by atoms with van der Waals surface area (Å²) in [5.41, 5.74) is 0.483. The quantitative estimate of drug-likeness (QED) is 0.312. The van der Waals surface area contributed by atoms with Crippen LogP contribution in [-0.4, -0.2) is 34.7 Å². The Bertz CT molecular complexity index is 1720. The minimum atomic E-state index is -4.57. The Morgan fingerprint density at radius 3 is 2.07 bits per heavy atom. The molecule has 4 heterocycles. The molecule has 4 aromatic heterocycles. The number of nitriles is 1. The molecule has 0 radical (unpaired) electrons. The van der Waals surface area contributed by atoms with Gasteiger partial charge < -0.3 is 4.98 Å². The largest absolute Gasteiger partial charge is 0.433 e. The molecular weight excluding hydrogens is 545 g/mol. The molecule has 12 heteroatoms. The van der Waals surface area contributed by atoms with Crippen molar-refractivity contribution in [3.05, 3.63) is 74.7 Å². The van der Waals surface area contributed by atoms with Gasteiger partial charge in [-0.3, -0.25) is 9.78 Å². The number of hydrogen-bond donors (Lipinski definition) is 1. The first-order valence-electron chi connectivity index (χ1n) is 13.8. The Kier molecular flexibility index (Phi) is 6.99. The second-order valence-electron chi connectivity index (χ2n) is 13.0. The maximum absolute atomic E-state index is 13.3. The number of halogens is 3. The van der Waals surface area contributed by atoms with E-state index in [0.717, 1.165) is 36.5 Å². The number of aromatic amines is 1. The Morgan fingerprint density at radius 1 is 0.976 bits per heavy atom. The average Bonchev–Trinajstić information content (AvgIpc) is 3.25. The third-order valence-electron chi connectivity index (χ3n) is 7.85. The van der Waals surface area contributed by atoms with E-state index in [4.69, 9.17) is 15.0 Å². The molecule has 5 rings (SSSR count). The van der Waals surface area contributed by atoms with E-state index in [2.05, 4.69) is 62.7 Å². The van der Waals surface area contributed by atoms with E-state index >= 15 is 0 Å². The molecule has 0 aliphatic heterocycles. The van der Waals surface area contributed by atoms with Crippen LogP contribution >= 0.6 is 0 Å². The van der Waals surface area contributed by atoms with Gasteiger partial charge >= 0.3 is 6.18 Å². The molecule has 220 valence electrons. The molecule has 0 bridgehead atoms. The summed E-state index contributed by atoms with van der Waals surface area (Å²) < 4.78 is 40.5. The summed E-state index contributed by atoms with van der Waals surface area (Å²) in [4.78, 5) is 34.4. The van der Waals surface area contributed by atoms with E-state index in [9.17, 15) is 23.2 Å². The molecule has 42 heavy (non-hydrogen) atoms. The molecule has 0 saturated heterocycles. The number of nitrogens with one attached hydrogen (secondary N) is 1. The Hall–Kier alpha value is -4.14. The fraction of sp³-hybridized carbons (Fsp3) is 0.500. The van der Waals surface area contributed by atoms with E-state index in [1.54, 1.807) is 6.92 Å². The normalized spacial score (nSPS) is 18.5. The lowest BCUT2D eigenvalue weighted by Gasteiger charge is -2.36. The lowest BCUT2D eigenvalue weighted by molar-refractivity contribution is -0.141. The molecule has 1 saturated carbocycles. The van der Waals surface area contributed by atoms with Crippen LogP contribution in [-0.2, 0) is 17.0 Å². The maximum Gasteiger partial charge on any atom is 0.433 e. The number of alkyl halides is 3. The van der Waals surface area contributed by atoms with Crippen molar-refractivity contribution < 1.29 is 13.2 Å². The summed E-state index contributed by atoms with van der Waals surface area (Å²) in [5.74, 6) is 0.912. The predicted octanol–water partition coefficient (Wildman–Crippen LogP) is 6.06. The highest BCUT2D eigenvalue weighted by molar-refractivity contribution is 5.80. The zero-order valence-electron chi connectivity index (χ0n) is 24.6. The first kappa shape index (κ1) is 29.4. The maximum atomic E-state index is 13.3. The summed E-state index contributed by atoms with van der Waals surface area (Å²) in [6.07, 6.45) is -1.87. The number of nitrogens with zero attached hydrogens (tertiary/aromatic N) is 7. The van der Waals surface area contributed by atoms with Crippen molar-refractivity contribution in [1.29, 1.82) is 5.26 Å². The van der Waals surface area contributed by atoms with Crippen molar-refractivity contribution >= 4 is 11.0 Å². The predicted molar refractivity (Wildman–Crippen MR) is 150 cm³/mol. The third-order valence-corrected chi connectivity index (χ3v) is 7.85. The van der Waals surface area contributed by atoms with Gasteiger partial charge in [-0.25, -0.2) is 19.6 Å². The summed E-state index contributed by atoms with van der Waals surface area (Å²) >= 11 is 0. The smallest absolute Gasteiger partial charge is 0.310 e. The molecule has 0 aromatic carbocycles. The van der Waals surface area contributed by atoms with Gasteiger partial charge in [0.2, 0.25) is 0 Å². The Morgan fingerprint density at radius 2 is 1.60 bits per heavy atom.